The van der Waals surface area contributed by atoms with Crippen LogP contribution in [0.15, 0.2) is 315 Å². The Labute approximate surface area is 632 Å². The number of benzene rings is 12. The molecular weight excluding hydrogens is 1960 g/mol. The minimum Gasteiger partial charge on any atom is -0.366 e. The number of unbranched alkanes of at least 4 members (excludes halogenated alkanes) is 1. The van der Waals surface area contributed by atoms with Crippen LogP contribution in [0.25, 0.3) is 22.3 Å². The molecule has 0 heterocycles. The zero-order chi connectivity index (χ0) is 62.4. The normalized spacial score (nSPS) is 10.7. The van der Waals surface area contributed by atoms with Crippen molar-refractivity contribution in [2.75, 3.05) is 18.2 Å². The molecule has 0 fully saturated rings. The molecule has 0 atom stereocenters. The molecule has 12 aromatic rings. The second kappa shape index (κ2) is 39.7. The van der Waals surface area contributed by atoms with E-state index in [1.165, 1.54) is 95.8 Å². The van der Waals surface area contributed by atoms with Crippen LogP contribution in [0.1, 0.15) is 57.3 Å². The maximum Gasteiger partial charge on any atom is 1.00 e. The van der Waals surface area contributed by atoms with Gasteiger partial charge in [0.05, 0.1) is 49.4 Å². The zero-order valence-corrected chi connectivity index (χ0v) is 64.8. The predicted molar refractivity (Wildman–Crippen MR) is 400 cm³/mol. The van der Waals surface area contributed by atoms with Gasteiger partial charge in [-0.15, -0.1) is 70.8 Å². The predicted octanol–water partition coefficient (Wildman–Crippen LogP) is 16.4. The van der Waals surface area contributed by atoms with E-state index in [0.717, 1.165) is 57.3 Å². The molecule has 8 heteroatoms. The van der Waals surface area contributed by atoms with Crippen LogP contribution < -0.4 is 42.4 Å². The van der Waals surface area contributed by atoms with Crippen molar-refractivity contribution in [1.82, 2.24) is 0 Å². The fourth-order valence-electron chi connectivity index (χ4n) is 12.2. The molecule has 0 bridgehead atoms. The summed E-state index contributed by atoms with van der Waals surface area (Å²) in [5, 5.41) is 12.1. The molecule has 12 aromatic carbocycles. The van der Waals surface area contributed by atoms with E-state index in [1.807, 2.05) is 48.5 Å². The minimum atomic E-state index is -0.847. The quantitative estimate of drug-likeness (QED) is 0.0315. The van der Waals surface area contributed by atoms with E-state index in [9.17, 15) is 0 Å². The largest absolute Gasteiger partial charge is 1.00 e. The van der Waals surface area contributed by atoms with E-state index < -0.39 is 31.7 Å². The van der Waals surface area contributed by atoms with Crippen molar-refractivity contribution >= 4 is 74.1 Å². The van der Waals surface area contributed by atoms with E-state index in [-0.39, 0.29) is 89.5 Å². The standard InChI is InChI=1S/C28H28P2.C25H22P2.2C17H8.4Au/c1-5-15-25(16-6-1)29(26-17-7-2-8-18-26)23-13-14-24-30(27-19-9-3-10-20-27)28-21-11-4-12-22-28;1-5-13-22(14-6-1)26(23-15-7-2-8-16-23)21-27(24-17-9-3-10-18-24)25-19-11-4-12-20-25;2*1-3-12-5-7-14-11-15-8-6-13(4-2)10-17(15)16(14)9-12;;;;/h1-12,15-22H,13-14,23-24H2;1-20H,21H2;2*5-10H,11H2;;;;/q;;2*-2;4*+1/p+4. The van der Waals surface area contributed by atoms with Crippen LogP contribution in [-0.2, 0) is 102 Å². The summed E-state index contributed by atoms with van der Waals surface area (Å²) < 4.78 is 0. The molecule has 0 saturated heterocycles. The maximum atomic E-state index is 7.18. The van der Waals surface area contributed by atoms with Crippen molar-refractivity contribution in [3.63, 3.8) is 0 Å². The Morgan fingerprint density at radius 1 is 0.232 bits per heavy atom. The summed E-state index contributed by atoms with van der Waals surface area (Å²) in [4.78, 5) is 0. The van der Waals surface area contributed by atoms with Gasteiger partial charge in [0.25, 0.3) is 0 Å². The van der Waals surface area contributed by atoms with Gasteiger partial charge in [-0.05, 0) is 167 Å². The average Bonchev–Trinajstić information content (AvgIpc) is 1.66. The summed E-state index contributed by atoms with van der Waals surface area (Å²) in [7, 11) is -3.12. The molecule has 2 aliphatic carbocycles. The molecule has 0 aliphatic heterocycles. The Hall–Kier alpha value is -6.44. The summed E-state index contributed by atoms with van der Waals surface area (Å²) in [6.45, 7) is 0. The Balaban J connectivity index is 0.000000181. The Morgan fingerprint density at radius 3 is 0.589 bits per heavy atom. The van der Waals surface area contributed by atoms with Crippen molar-refractivity contribution in [3.8, 4) is 45.9 Å². The first-order chi connectivity index (χ1) is 45.0. The van der Waals surface area contributed by atoms with Gasteiger partial charge in [0.2, 0.25) is 0 Å². The van der Waals surface area contributed by atoms with Gasteiger partial charge in [-0.3, -0.25) is 23.7 Å². The van der Waals surface area contributed by atoms with Crippen LogP contribution in [0, 0.1) is 49.4 Å². The van der Waals surface area contributed by atoms with Crippen LogP contribution in [0.4, 0.5) is 0 Å². The molecular formula is C87H70Au4P4+4. The number of rotatable bonds is 15. The number of hydrogen-bond acceptors (Lipinski definition) is 0. The minimum absolute atomic E-state index is 0. The van der Waals surface area contributed by atoms with Gasteiger partial charge in [-0.1, -0.05) is 170 Å². The first kappa shape index (κ1) is 75.9. The second-order valence-corrected chi connectivity index (χ2v) is 33.4. The summed E-state index contributed by atoms with van der Waals surface area (Å²) in [6.07, 6.45) is 35.8. The molecule has 0 spiro atoms. The van der Waals surface area contributed by atoms with E-state index in [0.29, 0.717) is 0 Å². The summed E-state index contributed by atoms with van der Waals surface area (Å²) >= 11 is 0. The molecule has 0 N–H and O–H groups in total. The molecule has 0 radical (unpaired) electrons. The first-order valence-corrected chi connectivity index (χ1v) is 37.9. The van der Waals surface area contributed by atoms with Crippen LogP contribution in [-0.4, -0.2) is 18.2 Å². The monoisotopic (exact) mass is 2030 g/mol. The topological polar surface area (TPSA) is 0 Å². The smallest absolute Gasteiger partial charge is 0.366 e. The molecule has 0 unspecified atom stereocenters. The molecule has 0 amide bonds. The molecule has 0 aromatic heterocycles. The van der Waals surface area contributed by atoms with Gasteiger partial charge in [-0.2, -0.15) is 0 Å². The third kappa shape index (κ3) is 20.6. The molecule has 2 aliphatic rings. The molecule has 95 heavy (non-hydrogen) atoms. The Bertz CT molecular complexity index is 3920. The van der Waals surface area contributed by atoms with Gasteiger partial charge in [0.1, 0.15) is 37.1 Å². The van der Waals surface area contributed by atoms with Gasteiger partial charge < -0.3 is 25.7 Å². The van der Waals surface area contributed by atoms with Crippen LogP contribution in [0.5, 0.6) is 0 Å². The Kier molecular flexibility index (Phi) is 31.7. The summed E-state index contributed by atoms with van der Waals surface area (Å²) in [5.41, 5.74) is 12.9. The molecule has 0 nitrogen and oxygen atoms in total. The van der Waals surface area contributed by atoms with Crippen LogP contribution >= 0.6 is 31.7 Å². The van der Waals surface area contributed by atoms with E-state index >= 15 is 0 Å². The van der Waals surface area contributed by atoms with E-state index in [4.69, 9.17) is 25.7 Å². The zero-order valence-electron chi connectivity index (χ0n) is 52.2. The van der Waals surface area contributed by atoms with Gasteiger partial charge in [0.15, 0.2) is 5.90 Å². The van der Waals surface area contributed by atoms with Gasteiger partial charge in [0, 0.05) is 0 Å². The molecule has 14 rings (SSSR count). The molecule has 478 valence electrons. The number of fused-ring (bicyclic) bond motifs is 6. The SMILES string of the molecule is [Au+].[Au+].[Au+].[Au+].[C-]#Cc1ccc2c(c1)-c1cc(C#[C-])ccc1C2.[C-]#Cc1ccc2c(c1)-c1cc(C#[C-])ccc1C2.c1ccc([PH+](CCCC[PH+](c2ccccc2)c2ccccc2)c2ccccc2)cc1.c1ccc([PH+](C[PH+](c2ccccc2)c2ccccc2)c2ccccc2)cc1. The van der Waals surface area contributed by atoms with Gasteiger partial charge >= 0.3 is 89.5 Å². The van der Waals surface area contributed by atoms with Crippen LogP contribution in [0.3, 0.4) is 0 Å². The fourth-order valence-corrected chi connectivity index (χ4v) is 25.3. The van der Waals surface area contributed by atoms with Gasteiger partial charge in [-0.25, -0.2) is 0 Å². The van der Waals surface area contributed by atoms with Crippen molar-refractivity contribution in [2.45, 2.75) is 25.7 Å². The summed E-state index contributed by atoms with van der Waals surface area (Å²) in [5.74, 6) is 10.9. The Morgan fingerprint density at radius 2 is 0.411 bits per heavy atom. The third-order valence-electron chi connectivity index (χ3n) is 16.8. The van der Waals surface area contributed by atoms with Crippen molar-refractivity contribution in [2.24, 2.45) is 0 Å². The van der Waals surface area contributed by atoms with Crippen molar-refractivity contribution < 1.29 is 89.5 Å². The van der Waals surface area contributed by atoms with E-state index in [2.05, 4.69) is 291 Å². The first-order valence-electron chi connectivity index (χ1n) is 31.1. The maximum absolute atomic E-state index is 7.18. The third-order valence-corrected chi connectivity index (χ3v) is 29.6. The van der Waals surface area contributed by atoms with Crippen molar-refractivity contribution in [3.05, 3.63) is 386 Å². The number of hydrogen-bond donors (Lipinski definition) is 0. The summed E-state index contributed by atoms with van der Waals surface area (Å²) in [6, 6.07) is 113. The van der Waals surface area contributed by atoms with Crippen molar-refractivity contribution in [1.29, 1.82) is 0 Å². The second-order valence-electron chi connectivity index (χ2n) is 22.6. The van der Waals surface area contributed by atoms with Crippen LogP contribution in [0.2, 0.25) is 0 Å². The average molecular weight is 2030 g/mol. The fraction of sp³-hybridized carbons (Fsp3) is 0.0805. The molecule has 0 saturated carbocycles. The van der Waals surface area contributed by atoms with E-state index in [1.54, 1.807) is 0 Å².